The Morgan fingerprint density at radius 2 is 2.16 bits per heavy atom. The molecule has 1 aromatic heterocycles. The zero-order valence-electron chi connectivity index (χ0n) is 9.39. The van der Waals surface area contributed by atoms with Crippen LogP contribution in [0.2, 0.25) is 0 Å². The van der Waals surface area contributed by atoms with Gasteiger partial charge in [0, 0.05) is 6.07 Å². The number of nitrogens with zero attached hydrogens (tertiary/aromatic N) is 2. The lowest BCUT2D eigenvalue weighted by molar-refractivity contribution is -0.196. The van der Waals surface area contributed by atoms with Gasteiger partial charge in [-0.2, -0.15) is 13.2 Å². The molecule has 9 heteroatoms. The van der Waals surface area contributed by atoms with Crippen LogP contribution in [-0.4, -0.2) is 45.0 Å². The second-order valence-corrected chi connectivity index (χ2v) is 3.93. The maximum absolute atomic E-state index is 12.7. The van der Waals surface area contributed by atoms with Gasteiger partial charge in [0.05, 0.1) is 13.1 Å². The first-order chi connectivity index (χ1) is 8.77. The van der Waals surface area contributed by atoms with E-state index in [1.165, 1.54) is 0 Å². The molecule has 1 atom stereocenters. The summed E-state index contributed by atoms with van der Waals surface area (Å²) >= 11 is 0. The van der Waals surface area contributed by atoms with Gasteiger partial charge in [0.1, 0.15) is 11.4 Å². The molecule has 0 spiro atoms. The van der Waals surface area contributed by atoms with E-state index in [2.05, 4.69) is 4.98 Å². The van der Waals surface area contributed by atoms with E-state index in [0.717, 1.165) is 12.1 Å². The summed E-state index contributed by atoms with van der Waals surface area (Å²) in [6.07, 6.45) is -8.49. The number of hydrogen-bond donors (Lipinski definition) is 2. The fourth-order valence-corrected chi connectivity index (χ4v) is 1.65. The number of alkyl halides is 3. The molecule has 0 saturated heterocycles. The van der Waals surface area contributed by atoms with Crippen molar-refractivity contribution < 1.29 is 32.9 Å². The van der Waals surface area contributed by atoms with Crippen molar-refractivity contribution in [2.24, 2.45) is 0 Å². The summed E-state index contributed by atoms with van der Waals surface area (Å²) in [5.41, 5.74) is -0.0610. The number of carboxylic acid groups (broad SMARTS) is 1. The molecule has 1 aromatic rings. The summed E-state index contributed by atoms with van der Waals surface area (Å²) in [4.78, 5) is 15.0. The Morgan fingerprint density at radius 3 is 2.74 bits per heavy atom. The Hall–Kier alpha value is -2.19. The number of pyridine rings is 1. The monoisotopic (exact) mass is 278 g/mol. The van der Waals surface area contributed by atoms with E-state index in [0.29, 0.717) is 4.90 Å². The number of hydrogen-bond acceptors (Lipinski definition) is 4. The number of halogens is 3. The van der Waals surface area contributed by atoms with E-state index in [9.17, 15) is 23.1 Å². The van der Waals surface area contributed by atoms with Crippen molar-refractivity contribution in [2.75, 3.05) is 6.54 Å². The number of fused-ring (bicyclic) bond motifs is 1. The van der Waals surface area contributed by atoms with E-state index in [4.69, 9.17) is 9.84 Å². The lowest BCUT2D eigenvalue weighted by Gasteiger charge is -2.23. The molecule has 104 valence electrons. The summed E-state index contributed by atoms with van der Waals surface area (Å²) in [6.45, 7) is -1.23. The first-order valence-corrected chi connectivity index (χ1v) is 5.17. The number of rotatable bonds is 0. The molecule has 0 aromatic carbocycles. The van der Waals surface area contributed by atoms with Gasteiger partial charge in [-0.1, -0.05) is 0 Å². The molecule has 1 aliphatic rings. The molecular weight excluding hydrogens is 269 g/mol. The fraction of sp³-hybridized carbons (Fsp3) is 0.400. The molecule has 2 rings (SSSR count). The van der Waals surface area contributed by atoms with E-state index in [-0.39, 0.29) is 18.0 Å². The molecule has 0 bridgehead atoms. The third kappa shape index (κ3) is 2.80. The van der Waals surface area contributed by atoms with Crippen LogP contribution in [0.1, 0.15) is 5.69 Å². The molecule has 0 unspecified atom stereocenters. The average Bonchev–Trinajstić information content (AvgIpc) is 2.47. The quantitative estimate of drug-likeness (QED) is 0.753. The van der Waals surface area contributed by atoms with Crippen LogP contribution >= 0.6 is 0 Å². The maximum atomic E-state index is 12.7. The van der Waals surface area contributed by atoms with Gasteiger partial charge < -0.3 is 14.9 Å². The van der Waals surface area contributed by atoms with Gasteiger partial charge in [-0.05, 0) is 6.07 Å². The van der Waals surface area contributed by atoms with Crippen LogP contribution in [0.4, 0.5) is 18.0 Å². The summed E-state index contributed by atoms with van der Waals surface area (Å²) in [6, 6.07) is 2.20. The van der Waals surface area contributed by atoms with E-state index >= 15 is 0 Å². The highest BCUT2D eigenvalue weighted by Crippen LogP contribution is 2.31. The molecule has 0 radical (unpaired) electrons. The van der Waals surface area contributed by atoms with Crippen molar-refractivity contribution in [1.82, 2.24) is 9.88 Å². The van der Waals surface area contributed by atoms with Gasteiger partial charge in [-0.15, -0.1) is 0 Å². The predicted octanol–water partition coefficient (Wildman–Crippen LogP) is 1.59. The minimum Gasteiger partial charge on any atom is -0.493 e. The van der Waals surface area contributed by atoms with Gasteiger partial charge in [-0.3, -0.25) is 4.90 Å². The zero-order valence-corrected chi connectivity index (χ0v) is 9.39. The van der Waals surface area contributed by atoms with Crippen LogP contribution in [0.15, 0.2) is 12.1 Å². The van der Waals surface area contributed by atoms with Gasteiger partial charge in [0.15, 0.2) is 0 Å². The van der Waals surface area contributed by atoms with Crippen LogP contribution < -0.4 is 4.74 Å². The Kier molecular flexibility index (Phi) is 3.13. The second-order valence-electron chi connectivity index (χ2n) is 3.93. The first kappa shape index (κ1) is 13.2. The first-order valence-electron chi connectivity index (χ1n) is 5.17. The van der Waals surface area contributed by atoms with Gasteiger partial charge in [0.25, 0.3) is 0 Å². The third-order valence-corrected chi connectivity index (χ3v) is 2.55. The number of ether oxygens (including phenoxy) is 1. The SMILES string of the molecule is O=C(O)N1Cc2nc(O)ccc2O[C@@H](C(F)(F)F)C1. The Morgan fingerprint density at radius 1 is 1.47 bits per heavy atom. The fourth-order valence-electron chi connectivity index (χ4n) is 1.65. The standard InChI is InChI=1S/C10H9F3N2O4/c11-10(12,13)7-4-15(9(17)18)3-5-6(19-7)1-2-8(16)14-5/h1-2,7H,3-4H2,(H,14,16)(H,17,18)/t7-/m1/s1. The van der Waals surface area contributed by atoms with E-state index in [1.54, 1.807) is 0 Å². The number of amides is 1. The van der Waals surface area contributed by atoms with Crippen molar-refractivity contribution in [3.05, 3.63) is 17.8 Å². The Bertz CT molecular complexity index is 506. The molecule has 1 amide bonds. The largest absolute Gasteiger partial charge is 0.493 e. The van der Waals surface area contributed by atoms with Crippen LogP contribution in [0.5, 0.6) is 11.6 Å². The lowest BCUT2D eigenvalue weighted by Crippen LogP contribution is -2.44. The van der Waals surface area contributed by atoms with Crippen molar-refractivity contribution in [2.45, 2.75) is 18.8 Å². The van der Waals surface area contributed by atoms with Gasteiger partial charge in [-0.25, -0.2) is 9.78 Å². The third-order valence-electron chi connectivity index (χ3n) is 2.55. The normalized spacial score (nSPS) is 19.3. The molecule has 1 aliphatic heterocycles. The van der Waals surface area contributed by atoms with Crippen LogP contribution in [0.3, 0.4) is 0 Å². The topological polar surface area (TPSA) is 82.9 Å². The van der Waals surface area contributed by atoms with Crippen molar-refractivity contribution in [1.29, 1.82) is 0 Å². The van der Waals surface area contributed by atoms with Crippen LogP contribution in [-0.2, 0) is 6.54 Å². The van der Waals surface area contributed by atoms with Crippen molar-refractivity contribution >= 4 is 6.09 Å². The van der Waals surface area contributed by atoms with Gasteiger partial charge >= 0.3 is 12.3 Å². The highest BCUT2D eigenvalue weighted by molar-refractivity contribution is 5.65. The molecular formula is C10H9F3N2O4. The van der Waals surface area contributed by atoms with E-state index < -0.39 is 30.8 Å². The Balaban J connectivity index is 2.40. The minimum absolute atomic E-state index is 0.0610. The van der Waals surface area contributed by atoms with E-state index in [1.807, 2.05) is 0 Å². The maximum Gasteiger partial charge on any atom is 0.427 e. The average molecular weight is 278 g/mol. The highest BCUT2D eigenvalue weighted by Gasteiger charge is 2.45. The Labute approximate surface area is 105 Å². The van der Waals surface area contributed by atoms with Crippen molar-refractivity contribution in [3.63, 3.8) is 0 Å². The number of aromatic hydroxyl groups is 1. The molecule has 6 nitrogen and oxygen atoms in total. The van der Waals surface area contributed by atoms with Crippen LogP contribution in [0.25, 0.3) is 0 Å². The van der Waals surface area contributed by atoms with Crippen LogP contribution in [0, 0.1) is 0 Å². The highest BCUT2D eigenvalue weighted by atomic mass is 19.4. The summed E-state index contributed by atoms with van der Waals surface area (Å²) in [7, 11) is 0. The molecule has 0 fully saturated rings. The molecule has 19 heavy (non-hydrogen) atoms. The molecule has 2 N–H and O–H groups in total. The summed E-state index contributed by atoms with van der Waals surface area (Å²) < 4.78 is 42.9. The van der Waals surface area contributed by atoms with Crippen molar-refractivity contribution in [3.8, 4) is 11.6 Å². The lowest BCUT2D eigenvalue weighted by atomic mass is 10.3. The van der Waals surface area contributed by atoms with Gasteiger partial charge in [0.2, 0.25) is 12.0 Å². The molecule has 0 aliphatic carbocycles. The summed E-state index contributed by atoms with van der Waals surface area (Å²) in [5, 5.41) is 18.0. The molecule has 0 saturated carbocycles. The number of aromatic nitrogens is 1. The smallest absolute Gasteiger partial charge is 0.427 e. The molecule has 2 heterocycles. The second kappa shape index (κ2) is 4.48. The summed E-state index contributed by atoms with van der Waals surface area (Å²) in [5.74, 6) is -0.609. The minimum atomic E-state index is -4.70. The zero-order chi connectivity index (χ0) is 14.2. The predicted molar refractivity (Wildman–Crippen MR) is 54.8 cm³/mol. The number of carbonyl (C=O) groups is 1.